The summed E-state index contributed by atoms with van der Waals surface area (Å²) >= 11 is 0. The van der Waals surface area contributed by atoms with Crippen LogP contribution in [0.1, 0.15) is 43.6 Å². The van der Waals surface area contributed by atoms with Gasteiger partial charge in [0.1, 0.15) is 17.5 Å². The molecule has 4 nitrogen and oxygen atoms in total. The largest absolute Gasteiger partial charge is 0.373 e. The average molecular weight is 284 g/mol. The number of aryl methyl sites for hydroxylation is 1. The summed E-state index contributed by atoms with van der Waals surface area (Å²) in [5.74, 6) is 3.13. The second kappa shape index (κ2) is 6.57. The van der Waals surface area contributed by atoms with Gasteiger partial charge in [-0.05, 0) is 30.5 Å². The van der Waals surface area contributed by atoms with Crippen molar-refractivity contribution in [2.24, 2.45) is 0 Å². The van der Waals surface area contributed by atoms with Crippen molar-refractivity contribution in [3.63, 3.8) is 0 Å². The molecule has 4 heteroatoms. The van der Waals surface area contributed by atoms with E-state index in [-0.39, 0.29) is 0 Å². The normalized spacial score (nSPS) is 10.8. The highest BCUT2D eigenvalue weighted by Crippen LogP contribution is 2.24. The highest BCUT2D eigenvalue weighted by atomic mass is 15.1. The smallest absolute Gasteiger partial charge is 0.139 e. The van der Waals surface area contributed by atoms with Gasteiger partial charge in [-0.2, -0.15) is 0 Å². The fourth-order valence-electron chi connectivity index (χ4n) is 2.17. The second-order valence-corrected chi connectivity index (χ2v) is 5.47. The van der Waals surface area contributed by atoms with Crippen LogP contribution in [-0.2, 0) is 6.42 Å². The third kappa shape index (κ3) is 3.51. The van der Waals surface area contributed by atoms with Crippen LogP contribution in [0, 0.1) is 6.92 Å². The number of rotatable bonds is 5. The molecule has 112 valence electrons. The van der Waals surface area contributed by atoms with E-state index in [1.807, 2.05) is 14.0 Å². The van der Waals surface area contributed by atoms with Crippen molar-refractivity contribution in [3.05, 3.63) is 41.2 Å². The van der Waals surface area contributed by atoms with Crippen LogP contribution in [0.4, 0.5) is 17.3 Å². The molecule has 0 saturated carbocycles. The lowest BCUT2D eigenvalue weighted by Crippen LogP contribution is -2.06. The van der Waals surface area contributed by atoms with Gasteiger partial charge < -0.3 is 10.6 Å². The monoisotopic (exact) mass is 284 g/mol. The zero-order valence-corrected chi connectivity index (χ0v) is 13.5. The molecule has 2 rings (SSSR count). The Kier molecular flexibility index (Phi) is 4.78. The van der Waals surface area contributed by atoms with Gasteiger partial charge in [0.15, 0.2) is 0 Å². The van der Waals surface area contributed by atoms with E-state index in [9.17, 15) is 0 Å². The molecule has 1 heterocycles. The molecule has 2 N–H and O–H groups in total. The Hall–Kier alpha value is -2.10. The minimum absolute atomic E-state index is 0.544. The van der Waals surface area contributed by atoms with Crippen molar-refractivity contribution >= 4 is 17.3 Å². The fourth-order valence-corrected chi connectivity index (χ4v) is 2.17. The molecule has 0 bridgehead atoms. The minimum Gasteiger partial charge on any atom is -0.373 e. The van der Waals surface area contributed by atoms with Gasteiger partial charge >= 0.3 is 0 Å². The van der Waals surface area contributed by atoms with Crippen LogP contribution in [0.3, 0.4) is 0 Å². The summed E-state index contributed by atoms with van der Waals surface area (Å²) in [6.07, 6.45) is 0.815. The molecule has 0 radical (unpaired) electrons. The quantitative estimate of drug-likeness (QED) is 0.861. The van der Waals surface area contributed by atoms with Gasteiger partial charge in [-0.1, -0.05) is 32.9 Å². The number of hydrogen-bond donors (Lipinski definition) is 2. The molecule has 0 aliphatic carbocycles. The zero-order valence-electron chi connectivity index (χ0n) is 13.5. The standard InChI is InChI=1S/C17H24N4/c1-6-15-20-16(18-5)12(4)17(21-15)19-14-9-7-13(8-10-14)11(2)3/h7-11H,6H2,1-5H3,(H2,18,19,20,21). The van der Waals surface area contributed by atoms with Gasteiger partial charge in [0.2, 0.25) is 0 Å². The summed E-state index contributed by atoms with van der Waals surface area (Å²) in [7, 11) is 1.88. The summed E-state index contributed by atoms with van der Waals surface area (Å²) in [6.45, 7) is 8.48. The Morgan fingerprint density at radius 2 is 1.67 bits per heavy atom. The first-order chi connectivity index (χ1) is 10.0. The van der Waals surface area contributed by atoms with Crippen LogP contribution in [0.5, 0.6) is 0 Å². The van der Waals surface area contributed by atoms with E-state index in [2.05, 4.69) is 65.6 Å². The van der Waals surface area contributed by atoms with E-state index in [1.165, 1.54) is 5.56 Å². The fraction of sp³-hybridized carbons (Fsp3) is 0.412. The first-order valence-electron chi connectivity index (χ1n) is 7.47. The van der Waals surface area contributed by atoms with Crippen molar-refractivity contribution in [1.29, 1.82) is 0 Å². The highest BCUT2D eigenvalue weighted by molar-refractivity contribution is 5.64. The topological polar surface area (TPSA) is 49.8 Å². The van der Waals surface area contributed by atoms with Crippen LogP contribution < -0.4 is 10.6 Å². The molecular weight excluding hydrogens is 260 g/mol. The first-order valence-corrected chi connectivity index (χ1v) is 7.47. The van der Waals surface area contributed by atoms with Crippen LogP contribution in [0.2, 0.25) is 0 Å². The van der Waals surface area contributed by atoms with E-state index in [0.717, 1.165) is 35.1 Å². The van der Waals surface area contributed by atoms with E-state index in [4.69, 9.17) is 0 Å². The molecule has 0 fully saturated rings. The van der Waals surface area contributed by atoms with Crippen LogP contribution >= 0.6 is 0 Å². The summed E-state index contributed by atoms with van der Waals surface area (Å²) in [5, 5.41) is 6.53. The molecule has 1 aromatic heterocycles. The average Bonchev–Trinajstić information content (AvgIpc) is 2.49. The van der Waals surface area contributed by atoms with Crippen molar-refractivity contribution in [2.45, 2.75) is 40.0 Å². The van der Waals surface area contributed by atoms with E-state index >= 15 is 0 Å². The Morgan fingerprint density at radius 1 is 1.05 bits per heavy atom. The molecule has 1 aromatic carbocycles. The maximum Gasteiger partial charge on any atom is 0.139 e. The molecule has 2 aromatic rings. The second-order valence-electron chi connectivity index (χ2n) is 5.47. The lowest BCUT2D eigenvalue weighted by molar-refractivity contribution is 0.867. The molecule has 0 saturated heterocycles. The van der Waals surface area contributed by atoms with Crippen molar-refractivity contribution < 1.29 is 0 Å². The third-order valence-corrected chi connectivity index (χ3v) is 3.59. The Labute approximate surface area is 127 Å². The van der Waals surface area contributed by atoms with E-state index in [0.29, 0.717) is 5.92 Å². The summed E-state index contributed by atoms with van der Waals surface area (Å²) in [5.41, 5.74) is 3.41. The maximum absolute atomic E-state index is 4.59. The van der Waals surface area contributed by atoms with Gasteiger partial charge in [-0.25, -0.2) is 9.97 Å². The lowest BCUT2D eigenvalue weighted by Gasteiger charge is -2.14. The third-order valence-electron chi connectivity index (χ3n) is 3.59. The van der Waals surface area contributed by atoms with E-state index in [1.54, 1.807) is 0 Å². The minimum atomic E-state index is 0.544. The maximum atomic E-state index is 4.59. The van der Waals surface area contributed by atoms with Gasteiger partial charge in [0.25, 0.3) is 0 Å². The number of nitrogens with zero attached hydrogens (tertiary/aromatic N) is 2. The number of aromatic nitrogens is 2. The van der Waals surface area contributed by atoms with Crippen LogP contribution in [0.15, 0.2) is 24.3 Å². The Morgan fingerprint density at radius 3 is 2.19 bits per heavy atom. The van der Waals surface area contributed by atoms with Gasteiger partial charge in [0.05, 0.1) is 0 Å². The number of hydrogen-bond acceptors (Lipinski definition) is 4. The van der Waals surface area contributed by atoms with Crippen LogP contribution in [0.25, 0.3) is 0 Å². The molecule has 0 aliphatic heterocycles. The molecule has 0 unspecified atom stereocenters. The summed E-state index contributed by atoms with van der Waals surface area (Å²) < 4.78 is 0. The summed E-state index contributed by atoms with van der Waals surface area (Å²) in [6, 6.07) is 8.51. The van der Waals surface area contributed by atoms with Crippen molar-refractivity contribution in [2.75, 3.05) is 17.7 Å². The number of nitrogens with one attached hydrogen (secondary N) is 2. The molecule has 0 amide bonds. The highest BCUT2D eigenvalue weighted by Gasteiger charge is 2.09. The molecule has 0 atom stereocenters. The lowest BCUT2D eigenvalue weighted by atomic mass is 10.0. The zero-order chi connectivity index (χ0) is 15.4. The predicted octanol–water partition coefficient (Wildman–Crippen LogP) is 4.26. The first kappa shape index (κ1) is 15.3. The molecular formula is C17H24N4. The Balaban J connectivity index is 2.30. The molecule has 0 aliphatic rings. The van der Waals surface area contributed by atoms with Gasteiger partial charge in [0, 0.05) is 24.7 Å². The van der Waals surface area contributed by atoms with Crippen molar-refractivity contribution in [1.82, 2.24) is 9.97 Å². The number of anilines is 3. The van der Waals surface area contributed by atoms with Crippen molar-refractivity contribution in [3.8, 4) is 0 Å². The van der Waals surface area contributed by atoms with Crippen LogP contribution in [-0.4, -0.2) is 17.0 Å². The Bertz CT molecular complexity index is 603. The van der Waals surface area contributed by atoms with E-state index < -0.39 is 0 Å². The summed E-state index contributed by atoms with van der Waals surface area (Å²) in [4.78, 5) is 9.08. The molecule has 0 spiro atoms. The SMILES string of the molecule is CCc1nc(NC)c(C)c(Nc2ccc(C(C)C)cc2)n1. The van der Waals surface area contributed by atoms with Gasteiger partial charge in [-0.3, -0.25) is 0 Å². The number of benzene rings is 1. The van der Waals surface area contributed by atoms with Gasteiger partial charge in [-0.15, -0.1) is 0 Å². The molecule has 21 heavy (non-hydrogen) atoms. The predicted molar refractivity (Wildman–Crippen MR) is 89.5 cm³/mol.